The van der Waals surface area contributed by atoms with Gasteiger partial charge < -0.3 is 10.1 Å². The summed E-state index contributed by atoms with van der Waals surface area (Å²) in [7, 11) is -2.54. The number of carbonyl (C=O) groups is 1. The molecule has 152 valence electrons. The Hall–Kier alpha value is -1.45. The molecular weight excluding hydrogens is 443 g/mol. The molecule has 6 nitrogen and oxygen atoms in total. The Morgan fingerprint density at radius 3 is 2.64 bits per heavy atom. The van der Waals surface area contributed by atoms with Gasteiger partial charge in [0, 0.05) is 16.8 Å². The van der Waals surface area contributed by atoms with Crippen molar-refractivity contribution in [2.75, 3.05) is 24.4 Å². The van der Waals surface area contributed by atoms with Crippen molar-refractivity contribution in [1.82, 2.24) is 4.72 Å². The third-order valence-electron chi connectivity index (χ3n) is 3.74. The summed E-state index contributed by atoms with van der Waals surface area (Å²) < 4.78 is 33.1. The molecule has 0 saturated carbocycles. The Labute approximate surface area is 179 Å². The lowest BCUT2D eigenvalue weighted by atomic mass is 10.2. The highest BCUT2D eigenvalue weighted by Gasteiger charge is 2.27. The van der Waals surface area contributed by atoms with Gasteiger partial charge in [0.05, 0.1) is 12.1 Å². The van der Waals surface area contributed by atoms with Gasteiger partial charge in [0.1, 0.15) is 16.7 Å². The Kier molecular flexibility index (Phi) is 8.45. The Bertz CT molecular complexity index is 939. The van der Waals surface area contributed by atoms with Gasteiger partial charge in [-0.1, -0.05) is 29.3 Å². The van der Waals surface area contributed by atoms with Crippen molar-refractivity contribution in [3.05, 3.63) is 52.5 Å². The second-order valence-electron chi connectivity index (χ2n) is 5.75. The van der Waals surface area contributed by atoms with E-state index in [1.807, 2.05) is 6.26 Å². The van der Waals surface area contributed by atoms with Crippen molar-refractivity contribution < 1.29 is 17.9 Å². The molecule has 0 fully saturated rings. The van der Waals surface area contributed by atoms with E-state index in [1.54, 1.807) is 24.3 Å². The van der Waals surface area contributed by atoms with Crippen LogP contribution in [0.5, 0.6) is 5.75 Å². The molecule has 1 atom stereocenters. The molecule has 0 aliphatic heterocycles. The van der Waals surface area contributed by atoms with E-state index in [2.05, 4.69) is 10.0 Å². The Balaban J connectivity index is 2.24. The highest BCUT2D eigenvalue weighted by Crippen LogP contribution is 2.25. The molecule has 0 aromatic heterocycles. The highest BCUT2D eigenvalue weighted by atomic mass is 35.5. The molecule has 1 amide bonds. The summed E-state index contributed by atoms with van der Waals surface area (Å²) in [5.41, 5.74) is 0.499. The van der Waals surface area contributed by atoms with Gasteiger partial charge in [-0.15, -0.1) is 0 Å². The van der Waals surface area contributed by atoms with Gasteiger partial charge in [-0.2, -0.15) is 16.5 Å². The molecule has 28 heavy (non-hydrogen) atoms. The first-order valence-electron chi connectivity index (χ1n) is 8.18. The second-order valence-corrected chi connectivity index (χ2v) is 9.26. The first-order chi connectivity index (χ1) is 13.3. The number of nitrogens with one attached hydrogen (secondary N) is 2. The predicted molar refractivity (Wildman–Crippen MR) is 115 cm³/mol. The summed E-state index contributed by atoms with van der Waals surface area (Å²) in [5.74, 6) is 0.677. The molecule has 0 radical (unpaired) electrons. The average molecular weight is 463 g/mol. The quantitative estimate of drug-likeness (QED) is 0.587. The Morgan fingerprint density at radius 2 is 1.96 bits per heavy atom. The maximum atomic E-state index is 12.8. The fourth-order valence-electron chi connectivity index (χ4n) is 2.34. The fourth-order valence-corrected chi connectivity index (χ4v) is 4.81. The van der Waals surface area contributed by atoms with Crippen LogP contribution in [0.4, 0.5) is 5.69 Å². The summed E-state index contributed by atoms with van der Waals surface area (Å²) in [6, 6.07) is 9.94. The normalized spacial score (nSPS) is 12.4. The summed E-state index contributed by atoms with van der Waals surface area (Å²) in [5, 5.41) is 2.96. The van der Waals surface area contributed by atoms with E-state index in [0.29, 0.717) is 23.6 Å². The van der Waals surface area contributed by atoms with Crippen molar-refractivity contribution >= 4 is 56.6 Å². The minimum absolute atomic E-state index is 0.0220. The van der Waals surface area contributed by atoms with Gasteiger partial charge in [0.15, 0.2) is 0 Å². The molecule has 2 rings (SSSR count). The zero-order valence-electron chi connectivity index (χ0n) is 15.2. The number of halogens is 2. The van der Waals surface area contributed by atoms with Crippen LogP contribution < -0.4 is 14.8 Å². The number of carbonyl (C=O) groups excluding carboxylic acids is 1. The molecule has 0 bridgehead atoms. The van der Waals surface area contributed by atoms with Crippen LogP contribution in [0.25, 0.3) is 0 Å². The molecule has 10 heteroatoms. The topological polar surface area (TPSA) is 84.5 Å². The van der Waals surface area contributed by atoms with Crippen LogP contribution >= 0.6 is 35.0 Å². The Morgan fingerprint density at radius 1 is 1.21 bits per heavy atom. The molecule has 2 aromatic carbocycles. The van der Waals surface area contributed by atoms with Crippen LogP contribution in [0.1, 0.15) is 6.42 Å². The van der Waals surface area contributed by atoms with Gasteiger partial charge in [-0.05, 0) is 48.8 Å². The molecule has 0 aliphatic carbocycles. The van der Waals surface area contributed by atoms with Crippen LogP contribution in [0.3, 0.4) is 0 Å². The van der Waals surface area contributed by atoms with Crippen molar-refractivity contribution in [1.29, 1.82) is 0 Å². The maximum absolute atomic E-state index is 12.8. The average Bonchev–Trinajstić information content (AvgIpc) is 2.66. The van der Waals surface area contributed by atoms with E-state index in [4.69, 9.17) is 27.9 Å². The molecule has 0 spiro atoms. The lowest BCUT2D eigenvalue weighted by molar-refractivity contribution is -0.117. The van der Waals surface area contributed by atoms with Gasteiger partial charge in [0.25, 0.3) is 0 Å². The van der Waals surface area contributed by atoms with Crippen LogP contribution in [-0.2, 0) is 14.8 Å². The summed E-state index contributed by atoms with van der Waals surface area (Å²) in [4.78, 5) is 12.6. The number of hydrogen-bond donors (Lipinski definition) is 2. The van der Waals surface area contributed by atoms with E-state index in [9.17, 15) is 13.2 Å². The first kappa shape index (κ1) is 22.8. The molecule has 0 aliphatic rings. The lowest BCUT2D eigenvalue weighted by Crippen LogP contribution is -2.44. The number of thioether (sulfide) groups is 1. The van der Waals surface area contributed by atoms with Crippen molar-refractivity contribution in [2.45, 2.75) is 17.4 Å². The number of sulfonamides is 1. The van der Waals surface area contributed by atoms with Crippen LogP contribution in [0.2, 0.25) is 10.0 Å². The minimum Gasteiger partial charge on any atom is -0.497 e. The smallest absolute Gasteiger partial charge is 0.242 e. The zero-order valence-corrected chi connectivity index (χ0v) is 18.4. The molecule has 2 aromatic rings. The summed E-state index contributed by atoms with van der Waals surface area (Å²) in [6.45, 7) is 0. The number of ether oxygens (including phenoxy) is 1. The third-order valence-corrected chi connectivity index (χ3v) is 6.58. The fraction of sp³-hybridized carbons (Fsp3) is 0.278. The molecule has 0 saturated heterocycles. The zero-order chi connectivity index (χ0) is 20.7. The van der Waals surface area contributed by atoms with Gasteiger partial charge in [-0.3, -0.25) is 4.79 Å². The molecule has 2 N–H and O–H groups in total. The number of anilines is 1. The van der Waals surface area contributed by atoms with Crippen LogP contribution in [0, 0.1) is 0 Å². The van der Waals surface area contributed by atoms with E-state index in [1.165, 1.54) is 37.1 Å². The monoisotopic (exact) mass is 462 g/mol. The van der Waals surface area contributed by atoms with Gasteiger partial charge >= 0.3 is 0 Å². The van der Waals surface area contributed by atoms with Gasteiger partial charge in [0.2, 0.25) is 15.9 Å². The van der Waals surface area contributed by atoms with E-state index < -0.39 is 22.0 Å². The number of benzene rings is 2. The van der Waals surface area contributed by atoms with Crippen molar-refractivity contribution in [2.24, 2.45) is 0 Å². The third kappa shape index (κ3) is 6.28. The van der Waals surface area contributed by atoms with Crippen molar-refractivity contribution in [3.63, 3.8) is 0 Å². The maximum Gasteiger partial charge on any atom is 0.242 e. The van der Waals surface area contributed by atoms with Gasteiger partial charge in [-0.25, -0.2) is 8.42 Å². The van der Waals surface area contributed by atoms with Crippen LogP contribution in [-0.4, -0.2) is 39.5 Å². The highest BCUT2D eigenvalue weighted by molar-refractivity contribution is 7.98. The molecule has 1 unspecified atom stereocenters. The molecule has 0 heterocycles. The second kappa shape index (κ2) is 10.4. The number of amides is 1. The van der Waals surface area contributed by atoms with Crippen molar-refractivity contribution in [3.8, 4) is 5.75 Å². The lowest BCUT2D eigenvalue weighted by Gasteiger charge is -2.19. The largest absolute Gasteiger partial charge is 0.497 e. The molecular formula is C18H20Cl2N2O4S2. The summed E-state index contributed by atoms with van der Waals surface area (Å²) in [6.07, 6.45) is 2.17. The number of rotatable bonds is 9. The predicted octanol–water partition coefficient (Wildman–Crippen LogP) is 4.04. The van der Waals surface area contributed by atoms with E-state index in [-0.39, 0.29) is 14.9 Å². The van der Waals surface area contributed by atoms with Crippen LogP contribution in [0.15, 0.2) is 47.4 Å². The standard InChI is InChI=1S/C18H20Cl2N2O4S2/c1-26-14-5-3-4-13(11-14)21-18(23)16(8-9-27-2)22-28(24,25)17-10-12(19)6-7-15(17)20/h3-7,10-11,16,22H,8-9H2,1-2H3,(H,21,23). The van der Waals surface area contributed by atoms with E-state index in [0.717, 1.165) is 0 Å². The van der Waals surface area contributed by atoms with E-state index >= 15 is 0 Å². The first-order valence-corrected chi connectivity index (χ1v) is 11.8. The minimum atomic E-state index is -4.05. The number of methoxy groups -OCH3 is 1. The summed E-state index contributed by atoms with van der Waals surface area (Å²) >= 11 is 13.4. The SMILES string of the molecule is COc1cccc(NC(=O)C(CCSC)NS(=O)(=O)c2cc(Cl)ccc2Cl)c1. The number of hydrogen-bond acceptors (Lipinski definition) is 5.